The van der Waals surface area contributed by atoms with E-state index in [1.54, 1.807) is 0 Å². The van der Waals surface area contributed by atoms with Gasteiger partial charge in [0.05, 0.1) is 16.7 Å². The van der Waals surface area contributed by atoms with Gasteiger partial charge in [-0.3, -0.25) is 0 Å². The maximum absolute atomic E-state index is 6.61. The average Bonchev–Trinajstić information content (AvgIpc) is 3.91. The van der Waals surface area contributed by atoms with E-state index in [4.69, 9.17) is 4.42 Å². The zero-order chi connectivity index (χ0) is 41.7. The number of hydrogen-bond donors (Lipinski definition) is 0. The Balaban J connectivity index is 1.10. The lowest BCUT2D eigenvalue weighted by molar-refractivity contribution is 0.670. The van der Waals surface area contributed by atoms with Crippen LogP contribution in [-0.2, 0) is 0 Å². The van der Waals surface area contributed by atoms with Gasteiger partial charge in [0, 0.05) is 49.7 Å². The van der Waals surface area contributed by atoms with E-state index in [0.717, 1.165) is 78.0 Å². The zero-order valence-electron chi connectivity index (χ0n) is 34.4. The topological polar surface area (TPSA) is 21.3 Å². The van der Waals surface area contributed by atoms with Crippen molar-refractivity contribution in [3.8, 4) is 50.2 Å². The zero-order valence-corrected chi connectivity index (χ0v) is 34.4. The number of furan rings is 1. The largest absolute Gasteiger partial charge is 0.455 e. The molecule has 2 heterocycles. The molecule has 12 aromatic rings. The third-order valence-electron chi connectivity index (χ3n) is 12.4. The summed E-state index contributed by atoms with van der Waals surface area (Å²) in [5.74, 6) is 0. The van der Waals surface area contributed by atoms with Gasteiger partial charge in [-0.2, -0.15) is 0 Å². The molecule has 12 rings (SSSR count). The molecule has 0 aliphatic heterocycles. The molecule has 0 saturated carbocycles. The first-order valence-electron chi connectivity index (χ1n) is 21.5. The minimum atomic E-state index is 0.892. The van der Waals surface area contributed by atoms with E-state index in [-0.39, 0.29) is 0 Å². The number of hydrogen-bond acceptors (Lipinski definition) is 2. The van der Waals surface area contributed by atoms with Crippen LogP contribution in [0.1, 0.15) is 0 Å². The Hall–Kier alpha value is -8.40. The van der Waals surface area contributed by atoms with E-state index in [9.17, 15) is 0 Å². The molecule has 0 unspecified atom stereocenters. The fraction of sp³-hybridized carbons (Fsp3) is 0. The predicted molar refractivity (Wildman–Crippen MR) is 264 cm³/mol. The van der Waals surface area contributed by atoms with Crippen LogP contribution in [0.5, 0.6) is 0 Å². The standard InChI is InChI=1S/C60H40N2O/c1-5-18-41(19-6-1)44-32-35-48(42-20-7-2-8-21-42)57(38-44)62-56-30-15-13-26-50(56)51-37-34-47(40-58(51)62)61(45-24-11-4-12-25-45)46-33-36-49(55(39-46)43-22-9-3-10-23-43)53-28-17-29-54-52-27-14-16-31-59(52)63-60(53)54/h1-40H. The number of fused-ring (bicyclic) bond motifs is 6. The number of benzene rings is 10. The van der Waals surface area contributed by atoms with Crippen LogP contribution < -0.4 is 4.90 Å². The molecular formula is C60H40N2O. The van der Waals surface area contributed by atoms with Gasteiger partial charge in [-0.1, -0.05) is 188 Å². The molecule has 0 saturated heterocycles. The van der Waals surface area contributed by atoms with Gasteiger partial charge in [-0.05, 0) is 88.0 Å². The molecule has 296 valence electrons. The van der Waals surface area contributed by atoms with Crippen LogP contribution >= 0.6 is 0 Å². The lowest BCUT2D eigenvalue weighted by Crippen LogP contribution is -2.10. The Bertz CT molecular complexity index is 3610. The van der Waals surface area contributed by atoms with Crippen LogP contribution in [-0.4, -0.2) is 4.57 Å². The fourth-order valence-electron chi connectivity index (χ4n) is 9.49. The van der Waals surface area contributed by atoms with Gasteiger partial charge in [0.2, 0.25) is 0 Å². The van der Waals surface area contributed by atoms with Crippen LogP contribution in [0.25, 0.3) is 93.9 Å². The van der Waals surface area contributed by atoms with E-state index in [1.807, 2.05) is 6.07 Å². The number of para-hydroxylation sites is 4. The Labute approximate surface area is 366 Å². The second-order valence-electron chi connectivity index (χ2n) is 16.1. The van der Waals surface area contributed by atoms with Crippen molar-refractivity contribution >= 4 is 60.8 Å². The number of aromatic nitrogens is 1. The Morgan fingerprint density at radius 2 is 0.873 bits per heavy atom. The molecule has 10 aromatic carbocycles. The second kappa shape index (κ2) is 15.3. The van der Waals surface area contributed by atoms with Gasteiger partial charge < -0.3 is 13.9 Å². The van der Waals surface area contributed by atoms with Crippen molar-refractivity contribution in [3.05, 3.63) is 243 Å². The van der Waals surface area contributed by atoms with E-state index >= 15 is 0 Å². The van der Waals surface area contributed by atoms with E-state index in [1.165, 1.54) is 33.0 Å². The van der Waals surface area contributed by atoms with Crippen molar-refractivity contribution in [2.75, 3.05) is 4.90 Å². The highest BCUT2D eigenvalue weighted by atomic mass is 16.3. The lowest BCUT2D eigenvalue weighted by Gasteiger charge is -2.27. The molecular weight excluding hydrogens is 765 g/mol. The van der Waals surface area contributed by atoms with Gasteiger partial charge in [0.1, 0.15) is 11.2 Å². The van der Waals surface area contributed by atoms with Crippen molar-refractivity contribution < 1.29 is 4.42 Å². The summed E-state index contributed by atoms with van der Waals surface area (Å²) in [6, 6.07) is 87.2. The quantitative estimate of drug-likeness (QED) is 0.153. The lowest BCUT2D eigenvalue weighted by atomic mass is 9.92. The predicted octanol–water partition coefficient (Wildman–Crippen LogP) is 16.8. The molecule has 0 radical (unpaired) electrons. The highest BCUT2D eigenvalue weighted by Crippen LogP contribution is 2.46. The van der Waals surface area contributed by atoms with Gasteiger partial charge in [-0.15, -0.1) is 0 Å². The van der Waals surface area contributed by atoms with Crippen molar-refractivity contribution in [3.63, 3.8) is 0 Å². The van der Waals surface area contributed by atoms with E-state index in [0.29, 0.717) is 0 Å². The minimum Gasteiger partial charge on any atom is -0.455 e. The summed E-state index contributed by atoms with van der Waals surface area (Å²) in [5.41, 5.74) is 17.5. The Morgan fingerprint density at radius 1 is 0.302 bits per heavy atom. The number of anilines is 3. The Kier molecular flexibility index (Phi) is 8.83. The summed E-state index contributed by atoms with van der Waals surface area (Å²) < 4.78 is 9.09. The van der Waals surface area contributed by atoms with Crippen molar-refractivity contribution in [1.82, 2.24) is 4.57 Å². The number of nitrogens with zero attached hydrogens (tertiary/aromatic N) is 2. The Morgan fingerprint density at radius 3 is 1.63 bits per heavy atom. The molecule has 2 aromatic heterocycles. The van der Waals surface area contributed by atoms with Crippen molar-refractivity contribution in [2.24, 2.45) is 0 Å². The maximum Gasteiger partial charge on any atom is 0.143 e. The molecule has 0 aliphatic rings. The summed E-state index contributed by atoms with van der Waals surface area (Å²) in [4.78, 5) is 2.39. The van der Waals surface area contributed by atoms with Gasteiger partial charge >= 0.3 is 0 Å². The summed E-state index contributed by atoms with van der Waals surface area (Å²) in [7, 11) is 0. The highest BCUT2D eigenvalue weighted by molar-refractivity contribution is 6.12. The third-order valence-corrected chi connectivity index (χ3v) is 12.4. The third kappa shape index (κ3) is 6.29. The van der Waals surface area contributed by atoms with Gasteiger partial charge in [-0.25, -0.2) is 0 Å². The molecule has 0 fully saturated rings. The first-order chi connectivity index (χ1) is 31.3. The molecule has 0 atom stereocenters. The molecule has 0 spiro atoms. The maximum atomic E-state index is 6.61. The van der Waals surface area contributed by atoms with Crippen LogP contribution in [0.4, 0.5) is 17.1 Å². The van der Waals surface area contributed by atoms with Crippen LogP contribution in [0.2, 0.25) is 0 Å². The van der Waals surface area contributed by atoms with E-state index in [2.05, 4.69) is 246 Å². The summed E-state index contributed by atoms with van der Waals surface area (Å²) >= 11 is 0. The highest BCUT2D eigenvalue weighted by Gasteiger charge is 2.22. The SMILES string of the molecule is c1ccc(-c2ccc(-c3ccccc3)c(-n3c4ccccc4c4ccc(N(c5ccccc5)c5ccc(-c6cccc7c6oc6ccccc67)c(-c6ccccc6)c5)cc43)c2)cc1. The number of rotatable bonds is 8. The monoisotopic (exact) mass is 804 g/mol. The van der Waals surface area contributed by atoms with Crippen LogP contribution in [0.15, 0.2) is 247 Å². The van der Waals surface area contributed by atoms with Crippen LogP contribution in [0, 0.1) is 0 Å². The van der Waals surface area contributed by atoms with Crippen molar-refractivity contribution in [1.29, 1.82) is 0 Å². The molecule has 3 nitrogen and oxygen atoms in total. The van der Waals surface area contributed by atoms with Gasteiger partial charge in [0.15, 0.2) is 0 Å². The van der Waals surface area contributed by atoms with Gasteiger partial charge in [0.25, 0.3) is 0 Å². The van der Waals surface area contributed by atoms with E-state index < -0.39 is 0 Å². The first kappa shape index (κ1) is 36.5. The molecule has 0 amide bonds. The fourth-order valence-corrected chi connectivity index (χ4v) is 9.49. The molecule has 0 N–H and O–H groups in total. The molecule has 63 heavy (non-hydrogen) atoms. The summed E-state index contributed by atoms with van der Waals surface area (Å²) in [6.07, 6.45) is 0. The summed E-state index contributed by atoms with van der Waals surface area (Å²) in [6.45, 7) is 0. The smallest absolute Gasteiger partial charge is 0.143 e. The molecule has 0 aliphatic carbocycles. The first-order valence-corrected chi connectivity index (χ1v) is 21.5. The molecule has 0 bridgehead atoms. The molecule has 3 heteroatoms. The normalized spacial score (nSPS) is 11.5. The minimum absolute atomic E-state index is 0.892. The average molecular weight is 805 g/mol. The second-order valence-corrected chi connectivity index (χ2v) is 16.1. The summed E-state index contributed by atoms with van der Waals surface area (Å²) in [5, 5.41) is 4.65. The van der Waals surface area contributed by atoms with Crippen LogP contribution in [0.3, 0.4) is 0 Å². The van der Waals surface area contributed by atoms with Crippen molar-refractivity contribution in [2.45, 2.75) is 0 Å².